The van der Waals surface area contributed by atoms with Crippen LogP contribution in [-0.4, -0.2) is 43.1 Å². The van der Waals surface area contributed by atoms with Crippen LogP contribution in [0, 0.1) is 0 Å². The number of hydrogen-bond acceptors (Lipinski definition) is 5. The topological polar surface area (TPSA) is 68.0 Å². The van der Waals surface area contributed by atoms with E-state index >= 15 is 0 Å². The summed E-state index contributed by atoms with van der Waals surface area (Å²) < 4.78 is 11.5. The molecule has 0 amide bonds. The average molecular weight is 278 g/mol. The minimum Gasteiger partial charge on any atom is -0.484 e. The van der Waals surface area contributed by atoms with E-state index in [2.05, 4.69) is 11.8 Å². The molecule has 0 saturated carbocycles. The smallest absolute Gasteiger partial charge is 0.133 e. The molecular weight excluding hydrogens is 256 g/mol. The van der Waals surface area contributed by atoms with Gasteiger partial charge >= 0.3 is 0 Å². The van der Waals surface area contributed by atoms with Crippen molar-refractivity contribution in [2.75, 3.05) is 36.9 Å². The third-order valence-electron chi connectivity index (χ3n) is 4.05. The molecule has 5 nitrogen and oxygen atoms in total. The van der Waals surface area contributed by atoms with Crippen LogP contribution < -0.4 is 15.4 Å². The maximum Gasteiger partial charge on any atom is 0.133 e. The van der Waals surface area contributed by atoms with Crippen molar-refractivity contribution in [2.45, 2.75) is 32.0 Å². The molecule has 1 saturated heterocycles. The molecule has 1 aromatic carbocycles. The summed E-state index contributed by atoms with van der Waals surface area (Å²) in [5, 5.41) is 9.44. The number of anilines is 2. The molecule has 3 N–H and O–H groups in total. The Balaban J connectivity index is 1.90. The van der Waals surface area contributed by atoms with Gasteiger partial charge in [-0.2, -0.15) is 0 Å². The summed E-state index contributed by atoms with van der Waals surface area (Å²) in [7, 11) is 0. The highest BCUT2D eigenvalue weighted by Gasteiger charge is 2.35. The van der Waals surface area contributed by atoms with Gasteiger partial charge in [-0.3, -0.25) is 0 Å². The highest BCUT2D eigenvalue weighted by molar-refractivity contribution is 5.72. The number of hydrogen-bond donors (Lipinski definition) is 2. The van der Waals surface area contributed by atoms with Gasteiger partial charge in [0.15, 0.2) is 0 Å². The van der Waals surface area contributed by atoms with Gasteiger partial charge in [0.25, 0.3) is 0 Å². The maximum absolute atomic E-state index is 9.44. The second kappa shape index (κ2) is 4.82. The lowest BCUT2D eigenvalue weighted by Crippen LogP contribution is -2.41. The average Bonchev–Trinajstić information content (AvgIpc) is 2.74. The first-order valence-electron chi connectivity index (χ1n) is 7.09. The number of nitrogens with two attached hydrogens (primary N) is 1. The molecule has 1 aromatic rings. The second-order valence-electron chi connectivity index (χ2n) is 6.03. The normalized spacial score (nSPS) is 29.1. The van der Waals surface area contributed by atoms with Crippen LogP contribution in [0.4, 0.5) is 11.4 Å². The maximum atomic E-state index is 9.44. The van der Waals surface area contributed by atoms with Crippen LogP contribution in [0.15, 0.2) is 12.1 Å². The van der Waals surface area contributed by atoms with Crippen molar-refractivity contribution in [1.82, 2.24) is 0 Å². The quantitative estimate of drug-likeness (QED) is 0.795. The standard InChI is InChI=1S/C15H22N2O3/c1-10-8-17(3-4-19-10)13-6-14-11(5-12(13)16)7-15(2,9-18)20-14/h5-6,10,18H,3-4,7-9,16H2,1-2H3/t10-,15?/m0/s1. The fraction of sp³-hybridized carbons (Fsp3) is 0.600. The Hall–Kier alpha value is -1.46. The summed E-state index contributed by atoms with van der Waals surface area (Å²) in [5.74, 6) is 0.838. The van der Waals surface area contributed by atoms with Crippen LogP contribution in [0.25, 0.3) is 0 Å². The number of nitrogen functional groups attached to an aromatic ring is 1. The second-order valence-corrected chi connectivity index (χ2v) is 6.03. The lowest BCUT2D eigenvalue weighted by atomic mass is 9.99. The van der Waals surface area contributed by atoms with Gasteiger partial charge in [0.1, 0.15) is 11.4 Å². The predicted molar refractivity (Wildman–Crippen MR) is 78.3 cm³/mol. The number of benzene rings is 1. The number of ether oxygens (including phenoxy) is 2. The minimum atomic E-state index is -0.522. The minimum absolute atomic E-state index is 0.00546. The molecule has 0 aliphatic carbocycles. The first-order chi connectivity index (χ1) is 9.50. The zero-order valence-corrected chi connectivity index (χ0v) is 12.1. The van der Waals surface area contributed by atoms with Gasteiger partial charge in [0, 0.05) is 31.1 Å². The molecular formula is C15H22N2O3. The molecule has 1 fully saturated rings. The molecule has 2 aliphatic rings. The fourth-order valence-corrected chi connectivity index (χ4v) is 2.97. The van der Waals surface area contributed by atoms with E-state index < -0.39 is 5.60 Å². The van der Waals surface area contributed by atoms with Crippen LogP contribution in [0.2, 0.25) is 0 Å². The van der Waals surface area contributed by atoms with Crippen LogP contribution >= 0.6 is 0 Å². The first-order valence-corrected chi connectivity index (χ1v) is 7.09. The van der Waals surface area contributed by atoms with Gasteiger partial charge in [-0.25, -0.2) is 0 Å². The summed E-state index contributed by atoms with van der Waals surface area (Å²) >= 11 is 0. The zero-order valence-electron chi connectivity index (χ0n) is 12.1. The Morgan fingerprint density at radius 2 is 2.30 bits per heavy atom. The molecule has 5 heteroatoms. The SMILES string of the molecule is C[C@H]1CN(c2cc3c(cc2N)CC(C)(CO)O3)CCO1. The Morgan fingerprint density at radius 1 is 1.50 bits per heavy atom. The van der Waals surface area contributed by atoms with E-state index in [-0.39, 0.29) is 12.7 Å². The van der Waals surface area contributed by atoms with E-state index in [0.29, 0.717) is 13.0 Å². The monoisotopic (exact) mass is 278 g/mol. The molecule has 0 bridgehead atoms. The van der Waals surface area contributed by atoms with Gasteiger partial charge in [0.05, 0.1) is 30.7 Å². The van der Waals surface area contributed by atoms with E-state index in [1.807, 2.05) is 19.1 Å². The molecule has 0 spiro atoms. The lowest BCUT2D eigenvalue weighted by molar-refractivity contribution is 0.0444. The fourth-order valence-electron chi connectivity index (χ4n) is 2.97. The van der Waals surface area contributed by atoms with Crippen molar-refractivity contribution in [1.29, 1.82) is 0 Å². The van der Waals surface area contributed by atoms with Gasteiger partial charge < -0.3 is 25.2 Å². The summed E-state index contributed by atoms with van der Waals surface area (Å²) in [6.07, 6.45) is 0.906. The van der Waals surface area contributed by atoms with Crippen molar-refractivity contribution in [3.05, 3.63) is 17.7 Å². The Morgan fingerprint density at radius 3 is 3.00 bits per heavy atom. The molecule has 2 atom stereocenters. The Labute approximate surface area is 119 Å². The van der Waals surface area contributed by atoms with Crippen LogP contribution in [0.1, 0.15) is 19.4 Å². The summed E-state index contributed by atoms with van der Waals surface area (Å²) in [6.45, 7) is 6.37. The Kier molecular flexibility index (Phi) is 3.26. The van der Waals surface area contributed by atoms with Crippen molar-refractivity contribution < 1.29 is 14.6 Å². The highest BCUT2D eigenvalue weighted by Crippen LogP contribution is 2.40. The van der Waals surface area contributed by atoms with Crippen LogP contribution in [-0.2, 0) is 11.2 Å². The lowest BCUT2D eigenvalue weighted by Gasteiger charge is -2.33. The number of rotatable bonds is 2. The third-order valence-corrected chi connectivity index (χ3v) is 4.05. The number of morpholine rings is 1. The van der Waals surface area contributed by atoms with Crippen molar-refractivity contribution in [2.24, 2.45) is 0 Å². The van der Waals surface area contributed by atoms with E-state index in [9.17, 15) is 5.11 Å². The number of fused-ring (bicyclic) bond motifs is 1. The van der Waals surface area contributed by atoms with E-state index in [1.165, 1.54) is 0 Å². The third kappa shape index (κ3) is 2.31. The van der Waals surface area contributed by atoms with Gasteiger partial charge in [0.2, 0.25) is 0 Å². The molecule has 0 radical (unpaired) electrons. The van der Waals surface area contributed by atoms with Crippen molar-refractivity contribution >= 4 is 11.4 Å². The first kappa shape index (κ1) is 13.5. The van der Waals surface area contributed by atoms with Gasteiger partial charge in [-0.1, -0.05) is 0 Å². The van der Waals surface area contributed by atoms with E-state index in [0.717, 1.165) is 35.8 Å². The molecule has 2 aliphatic heterocycles. The predicted octanol–water partition coefficient (Wildman–Crippen LogP) is 1.18. The van der Waals surface area contributed by atoms with E-state index in [1.54, 1.807) is 0 Å². The van der Waals surface area contributed by atoms with Crippen LogP contribution in [0.3, 0.4) is 0 Å². The summed E-state index contributed by atoms with van der Waals surface area (Å²) in [5.41, 5.74) is 8.52. The largest absolute Gasteiger partial charge is 0.484 e. The van der Waals surface area contributed by atoms with Crippen molar-refractivity contribution in [3.63, 3.8) is 0 Å². The number of nitrogens with zero attached hydrogens (tertiary/aromatic N) is 1. The molecule has 2 heterocycles. The molecule has 0 aromatic heterocycles. The molecule has 1 unspecified atom stereocenters. The van der Waals surface area contributed by atoms with Gasteiger partial charge in [-0.05, 0) is 19.9 Å². The summed E-state index contributed by atoms with van der Waals surface area (Å²) in [6, 6.07) is 3.98. The molecule has 20 heavy (non-hydrogen) atoms. The molecule has 110 valence electrons. The van der Waals surface area contributed by atoms with E-state index in [4.69, 9.17) is 15.2 Å². The summed E-state index contributed by atoms with van der Waals surface area (Å²) in [4.78, 5) is 2.24. The molecule has 3 rings (SSSR count). The highest BCUT2D eigenvalue weighted by atomic mass is 16.5. The van der Waals surface area contributed by atoms with Crippen molar-refractivity contribution in [3.8, 4) is 5.75 Å². The number of aliphatic hydroxyl groups is 1. The zero-order chi connectivity index (χ0) is 14.3. The number of aliphatic hydroxyl groups excluding tert-OH is 1. The van der Waals surface area contributed by atoms with Crippen LogP contribution in [0.5, 0.6) is 5.75 Å². The Bertz CT molecular complexity index is 520. The van der Waals surface area contributed by atoms with Gasteiger partial charge in [-0.15, -0.1) is 0 Å².